The van der Waals surface area contributed by atoms with Gasteiger partial charge in [0.2, 0.25) is 0 Å². The van der Waals surface area contributed by atoms with E-state index < -0.39 is 0 Å². The van der Waals surface area contributed by atoms with E-state index in [0.717, 1.165) is 13.1 Å². The second kappa shape index (κ2) is 5.94. The lowest BCUT2D eigenvalue weighted by Crippen LogP contribution is -2.44. The van der Waals surface area contributed by atoms with Crippen molar-refractivity contribution < 1.29 is 9.13 Å². The van der Waals surface area contributed by atoms with E-state index in [1.54, 1.807) is 12.1 Å². The van der Waals surface area contributed by atoms with Crippen molar-refractivity contribution in [2.45, 2.75) is 32.6 Å². The third kappa shape index (κ3) is 3.72. The summed E-state index contributed by atoms with van der Waals surface area (Å²) in [5, 5.41) is 0. The number of thiocarbonyl (C=S) groups is 1. The maximum absolute atomic E-state index is 14.0. The van der Waals surface area contributed by atoms with Gasteiger partial charge in [0.15, 0.2) is 0 Å². The molecule has 0 saturated carbocycles. The molecule has 0 aliphatic carbocycles. The molecule has 1 aromatic rings. The van der Waals surface area contributed by atoms with Gasteiger partial charge < -0.3 is 10.5 Å². The monoisotopic (exact) mass is 282 g/mol. The fourth-order valence-electron chi connectivity index (χ4n) is 2.48. The van der Waals surface area contributed by atoms with Gasteiger partial charge in [0.25, 0.3) is 0 Å². The largest absolute Gasteiger partial charge is 0.389 e. The summed E-state index contributed by atoms with van der Waals surface area (Å²) in [7, 11) is 0. The quantitative estimate of drug-likeness (QED) is 0.861. The van der Waals surface area contributed by atoms with Crippen molar-refractivity contribution in [3.8, 4) is 0 Å². The fourth-order valence-corrected chi connectivity index (χ4v) is 2.61. The first-order valence-electron chi connectivity index (χ1n) is 6.41. The van der Waals surface area contributed by atoms with E-state index in [-0.39, 0.29) is 23.0 Å². The molecule has 2 rings (SSSR count). The van der Waals surface area contributed by atoms with Gasteiger partial charge >= 0.3 is 0 Å². The van der Waals surface area contributed by atoms with Crippen molar-refractivity contribution in [1.82, 2.24) is 4.90 Å². The first-order valence-corrected chi connectivity index (χ1v) is 6.82. The van der Waals surface area contributed by atoms with Gasteiger partial charge in [0, 0.05) is 30.8 Å². The van der Waals surface area contributed by atoms with Crippen LogP contribution in [0.15, 0.2) is 18.2 Å². The Morgan fingerprint density at radius 2 is 2.05 bits per heavy atom. The standard InChI is InChI=1S/C14H19FN2OS/c1-9-6-17(7-10(2)18-9)8-12-4-3-11(14(16)19)5-13(12)15/h3-5,9-10H,6-8H2,1-2H3,(H2,16,19). The molecular formula is C14H19FN2OS. The third-order valence-electron chi connectivity index (χ3n) is 3.23. The normalized spacial score (nSPS) is 24.4. The topological polar surface area (TPSA) is 38.5 Å². The van der Waals surface area contributed by atoms with Gasteiger partial charge in [-0.15, -0.1) is 0 Å². The van der Waals surface area contributed by atoms with Crippen molar-refractivity contribution in [2.24, 2.45) is 5.73 Å². The lowest BCUT2D eigenvalue weighted by Gasteiger charge is -2.35. The van der Waals surface area contributed by atoms with Crippen molar-refractivity contribution in [3.05, 3.63) is 35.1 Å². The molecule has 5 heteroatoms. The number of ether oxygens (including phenoxy) is 1. The summed E-state index contributed by atoms with van der Waals surface area (Å²) in [6.45, 7) is 6.30. The molecular weight excluding hydrogens is 263 g/mol. The Kier molecular flexibility index (Phi) is 4.50. The average molecular weight is 282 g/mol. The van der Waals surface area contributed by atoms with Crippen LogP contribution in [0.4, 0.5) is 4.39 Å². The number of benzene rings is 1. The van der Waals surface area contributed by atoms with Crippen LogP contribution in [0.25, 0.3) is 0 Å². The molecule has 0 spiro atoms. The van der Waals surface area contributed by atoms with E-state index in [1.807, 2.05) is 13.8 Å². The average Bonchev–Trinajstić information content (AvgIpc) is 2.30. The molecule has 104 valence electrons. The Bertz CT molecular complexity index is 471. The summed E-state index contributed by atoms with van der Waals surface area (Å²) in [5.74, 6) is -0.253. The fraction of sp³-hybridized carbons (Fsp3) is 0.500. The highest BCUT2D eigenvalue weighted by Crippen LogP contribution is 2.17. The van der Waals surface area contributed by atoms with E-state index in [2.05, 4.69) is 4.90 Å². The molecule has 0 aromatic heterocycles. The highest BCUT2D eigenvalue weighted by atomic mass is 32.1. The van der Waals surface area contributed by atoms with Crippen LogP contribution < -0.4 is 5.73 Å². The van der Waals surface area contributed by atoms with Gasteiger partial charge in [-0.3, -0.25) is 4.90 Å². The Morgan fingerprint density at radius 1 is 1.42 bits per heavy atom. The first-order chi connectivity index (χ1) is 8.95. The van der Waals surface area contributed by atoms with Gasteiger partial charge in [-0.1, -0.05) is 24.4 Å². The van der Waals surface area contributed by atoms with E-state index in [1.165, 1.54) is 6.07 Å². The van der Waals surface area contributed by atoms with Gasteiger partial charge in [-0.25, -0.2) is 4.39 Å². The Hall–Kier alpha value is -1.04. The molecule has 1 saturated heterocycles. The summed E-state index contributed by atoms with van der Waals surface area (Å²) >= 11 is 4.84. The minimum absolute atomic E-state index is 0.183. The number of hydrogen-bond acceptors (Lipinski definition) is 3. The Labute approximate surface area is 118 Å². The Morgan fingerprint density at radius 3 is 2.58 bits per heavy atom. The number of rotatable bonds is 3. The molecule has 0 bridgehead atoms. The summed E-state index contributed by atoms with van der Waals surface area (Å²) in [6, 6.07) is 4.94. The molecule has 0 radical (unpaired) electrons. The van der Waals surface area contributed by atoms with Crippen LogP contribution in [0, 0.1) is 5.82 Å². The molecule has 1 aromatic carbocycles. The zero-order valence-electron chi connectivity index (χ0n) is 11.2. The molecule has 0 amide bonds. The second-order valence-electron chi connectivity index (χ2n) is 5.12. The van der Waals surface area contributed by atoms with E-state index >= 15 is 0 Å². The molecule has 3 nitrogen and oxygen atoms in total. The molecule has 1 heterocycles. The van der Waals surface area contributed by atoms with E-state index in [4.69, 9.17) is 22.7 Å². The molecule has 2 N–H and O–H groups in total. The predicted octanol–water partition coefficient (Wildman–Crippen LogP) is 2.07. The molecule has 1 aliphatic heterocycles. The lowest BCUT2D eigenvalue weighted by molar-refractivity contribution is -0.0707. The van der Waals surface area contributed by atoms with Crippen LogP contribution in [-0.2, 0) is 11.3 Å². The number of halogens is 1. The van der Waals surface area contributed by atoms with Crippen LogP contribution in [0.3, 0.4) is 0 Å². The van der Waals surface area contributed by atoms with E-state index in [0.29, 0.717) is 17.7 Å². The zero-order chi connectivity index (χ0) is 14.0. The maximum atomic E-state index is 14.0. The van der Waals surface area contributed by atoms with Gasteiger partial charge in [-0.2, -0.15) is 0 Å². The summed E-state index contributed by atoms with van der Waals surface area (Å²) in [5.41, 5.74) is 6.73. The van der Waals surface area contributed by atoms with Crippen molar-refractivity contribution in [1.29, 1.82) is 0 Å². The molecule has 2 atom stereocenters. The van der Waals surface area contributed by atoms with Crippen LogP contribution in [0.5, 0.6) is 0 Å². The minimum Gasteiger partial charge on any atom is -0.389 e. The van der Waals surface area contributed by atoms with Crippen molar-refractivity contribution in [2.75, 3.05) is 13.1 Å². The first kappa shape index (κ1) is 14.4. The summed E-state index contributed by atoms with van der Waals surface area (Å²) < 4.78 is 19.7. The highest BCUT2D eigenvalue weighted by molar-refractivity contribution is 7.80. The summed E-state index contributed by atoms with van der Waals surface area (Å²) in [4.78, 5) is 2.43. The second-order valence-corrected chi connectivity index (χ2v) is 5.56. The number of hydrogen-bond donors (Lipinski definition) is 1. The minimum atomic E-state index is -0.253. The molecule has 19 heavy (non-hydrogen) atoms. The van der Waals surface area contributed by atoms with E-state index in [9.17, 15) is 4.39 Å². The number of nitrogens with two attached hydrogens (primary N) is 1. The van der Waals surface area contributed by atoms with Crippen LogP contribution >= 0.6 is 12.2 Å². The zero-order valence-corrected chi connectivity index (χ0v) is 12.0. The third-order valence-corrected chi connectivity index (χ3v) is 3.46. The van der Waals surface area contributed by atoms with Crippen molar-refractivity contribution >= 4 is 17.2 Å². The smallest absolute Gasteiger partial charge is 0.128 e. The van der Waals surface area contributed by atoms with Gasteiger partial charge in [0.05, 0.1) is 12.2 Å². The van der Waals surface area contributed by atoms with Crippen LogP contribution in [0.2, 0.25) is 0 Å². The summed E-state index contributed by atoms with van der Waals surface area (Å²) in [6.07, 6.45) is 0.366. The Balaban J connectivity index is 2.08. The number of nitrogens with zero attached hydrogens (tertiary/aromatic N) is 1. The maximum Gasteiger partial charge on any atom is 0.128 e. The van der Waals surface area contributed by atoms with Crippen molar-refractivity contribution in [3.63, 3.8) is 0 Å². The van der Waals surface area contributed by atoms with Crippen LogP contribution in [0.1, 0.15) is 25.0 Å². The highest BCUT2D eigenvalue weighted by Gasteiger charge is 2.22. The number of morpholine rings is 1. The van der Waals surface area contributed by atoms with Gasteiger partial charge in [0.1, 0.15) is 10.8 Å². The van der Waals surface area contributed by atoms with Crippen LogP contribution in [-0.4, -0.2) is 35.2 Å². The lowest BCUT2D eigenvalue weighted by atomic mass is 10.1. The van der Waals surface area contributed by atoms with Gasteiger partial charge in [-0.05, 0) is 19.9 Å². The molecule has 1 fully saturated rings. The molecule has 1 aliphatic rings. The SMILES string of the molecule is CC1CN(Cc2ccc(C(N)=S)cc2F)CC(C)O1. The predicted molar refractivity (Wildman–Crippen MR) is 77.6 cm³/mol. The molecule has 2 unspecified atom stereocenters.